The number of halogens is 1. The monoisotopic (exact) mass is 250 g/mol. The van der Waals surface area contributed by atoms with E-state index in [1.807, 2.05) is 11.4 Å². The summed E-state index contributed by atoms with van der Waals surface area (Å²) < 4.78 is 13.2. The van der Waals surface area contributed by atoms with Crippen molar-refractivity contribution in [2.75, 3.05) is 6.54 Å². The van der Waals surface area contributed by atoms with Crippen LogP contribution in [0.25, 0.3) is 0 Å². The standard InChI is InChI=1S/C13H15FN2S/c1-2-6-15-13(12-8-17-9-16-12)10-4-3-5-11(14)7-10/h3-5,7-9,13,15H,2,6H2,1H3. The van der Waals surface area contributed by atoms with Crippen molar-refractivity contribution in [1.82, 2.24) is 10.3 Å². The first-order chi connectivity index (χ1) is 8.31. The van der Waals surface area contributed by atoms with Crippen LogP contribution in [0.4, 0.5) is 4.39 Å². The third-order valence-electron chi connectivity index (χ3n) is 2.53. The highest BCUT2D eigenvalue weighted by molar-refractivity contribution is 7.07. The van der Waals surface area contributed by atoms with E-state index < -0.39 is 0 Å². The van der Waals surface area contributed by atoms with E-state index in [9.17, 15) is 4.39 Å². The second-order valence-corrected chi connectivity index (χ2v) is 4.57. The third-order valence-corrected chi connectivity index (χ3v) is 3.13. The highest BCUT2D eigenvalue weighted by Gasteiger charge is 2.15. The van der Waals surface area contributed by atoms with E-state index in [-0.39, 0.29) is 11.9 Å². The lowest BCUT2D eigenvalue weighted by Crippen LogP contribution is -2.23. The second-order valence-electron chi connectivity index (χ2n) is 3.86. The molecule has 1 N–H and O–H groups in total. The Morgan fingerprint density at radius 3 is 3.00 bits per heavy atom. The molecule has 0 saturated carbocycles. The molecule has 0 aliphatic carbocycles. The molecule has 1 aromatic carbocycles. The van der Waals surface area contributed by atoms with E-state index in [0.717, 1.165) is 24.2 Å². The van der Waals surface area contributed by atoms with E-state index >= 15 is 0 Å². The molecule has 1 aromatic heterocycles. The molecule has 0 aliphatic rings. The van der Waals surface area contributed by atoms with Gasteiger partial charge in [-0.25, -0.2) is 9.37 Å². The minimum Gasteiger partial charge on any atom is -0.305 e. The Morgan fingerprint density at radius 2 is 2.35 bits per heavy atom. The number of benzene rings is 1. The van der Waals surface area contributed by atoms with Gasteiger partial charge in [-0.05, 0) is 30.7 Å². The predicted octanol–water partition coefficient (Wildman–Crippen LogP) is 3.37. The van der Waals surface area contributed by atoms with Crippen molar-refractivity contribution in [3.8, 4) is 0 Å². The summed E-state index contributed by atoms with van der Waals surface area (Å²) in [5, 5.41) is 5.39. The molecule has 4 heteroatoms. The molecule has 0 radical (unpaired) electrons. The molecule has 2 aromatic rings. The number of hydrogen-bond donors (Lipinski definition) is 1. The summed E-state index contributed by atoms with van der Waals surface area (Å²) in [6.07, 6.45) is 1.04. The molecule has 0 amide bonds. The summed E-state index contributed by atoms with van der Waals surface area (Å²) >= 11 is 1.56. The largest absolute Gasteiger partial charge is 0.305 e. The number of hydrogen-bond acceptors (Lipinski definition) is 3. The van der Waals surface area contributed by atoms with Gasteiger partial charge in [0.25, 0.3) is 0 Å². The van der Waals surface area contributed by atoms with Crippen LogP contribution >= 0.6 is 11.3 Å². The van der Waals surface area contributed by atoms with Crippen molar-refractivity contribution in [3.63, 3.8) is 0 Å². The number of thiazole rings is 1. The highest BCUT2D eigenvalue weighted by Crippen LogP contribution is 2.22. The zero-order chi connectivity index (χ0) is 12.1. The van der Waals surface area contributed by atoms with Crippen LogP contribution in [0.1, 0.15) is 30.6 Å². The summed E-state index contributed by atoms with van der Waals surface area (Å²) in [5.74, 6) is -0.207. The molecule has 1 unspecified atom stereocenters. The zero-order valence-corrected chi connectivity index (χ0v) is 10.5. The Labute approximate surface area is 105 Å². The predicted molar refractivity (Wildman–Crippen MR) is 68.7 cm³/mol. The maximum absolute atomic E-state index is 13.2. The maximum Gasteiger partial charge on any atom is 0.123 e. The lowest BCUT2D eigenvalue weighted by molar-refractivity contribution is 0.578. The first-order valence-electron chi connectivity index (χ1n) is 5.68. The van der Waals surface area contributed by atoms with Crippen molar-refractivity contribution in [3.05, 3.63) is 52.2 Å². The summed E-state index contributed by atoms with van der Waals surface area (Å²) in [6, 6.07) is 6.67. The summed E-state index contributed by atoms with van der Waals surface area (Å²) in [7, 11) is 0. The lowest BCUT2D eigenvalue weighted by Gasteiger charge is -2.17. The normalized spacial score (nSPS) is 12.6. The Balaban J connectivity index is 2.27. The van der Waals surface area contributed by atoms with Gasteiger partial charge >= 0.3 is 0 Å². The lowest BCUT2D eigenvalue weighted by atomic mass is 10.0. The molecule has 0 aliphatic heterocycles. The molecule has 0 spiro atoms. The minimum absolute atomic E-state index is 0.0168. The van der Waals surface area contributed by atoms with Crippen LogP contribution in [0, 0.1) is 5.82 Å². The molecule has 0 fully saturated rings. The van der Waals surface area contributed by atoms with Crippen LogP contribution in [0.3, 0.4) is 0 Å². The van der Waals surface area contributed by atoms with E-state index in [0.29, 0.717) is 0 Å². The van der Waals surface area contributed by atoms with Crippen molar-refractivity contribution in [1.29, 1.82) is 0 Å². The number of nitrogens with zero attached hydrogens (tertiary/aromatic N) is 1. The molecule has 0 saturated heterocycles. The zero-order valence-electron chi connectivity index (χ0n) is 9.69. The van der Waals surface area contributed by atoms with Gasteiger partial charge < -0.3 is 5.32 Å². The highest BCUT2D eigenvalue weighted by atomic mass is 32.1. The molecular formula is C13H15FN2S. The average molecular weight is 250 g/mol. The molecule has 1 heterocycles. The molecule has 2 rings (SSSR count). The van der Waals surface area contributed by atoms with Gasteiger partial charge in [-0.1, -0.05) is 19.1 Å². The fourth-order valence-electron chi connectivity index (χ4n) is 1.73. The van der Waals surface area contributed by atoms with Crippen LogP contribution < -0.4 is 5.32 Å². The number of rotatable bonds is 5. The van der Waals surface area contributed by atoms with E-state index in [2.05, 4.69) is 17.2 Å². The Hall–Kier alpha value is -1.26. The Bertz CT molecular complexity index is 456. The Kier molecular flexibility index (Phi) is 4.23. The van der Waals surface area contributed by atoms with Crippen molar-refractivity contribution in [2.24, 2.45) is 0 Å². The topological polar surface area (TPSA) is 24.9 Å². The van der Waals surface area contributed by atoms with Gasteiger partial charge in [-0.3, -0.25) is 0 Å². The maximum atomic E-state index is 13.2. The summed E-state index contributed by atoms with van der Waals surface area (Å²) in [4.78, 5) is 4.31. The van der Waals surface area contributed by atoms with Gasteiger partial charge in [-0.15, -0.1) is 11.3 Å². The third kappa shape index (κ3) is 3.11. The van der Waals surface area contributed by atoms with Gasteiger partial charge in [-0.2, -0.15) is 0 Å². The second kappa shape index (κ2) is 5.89. The van der Waals surface area contributed by atoms with Gasteiger partial charge in [0.05, 0.1) is 17.2 Å². The Morgan fingerprint density at radius 1 is 1.47 bits per heavy atom. The van der Waals surface area contributed by atoms with E-state index in [1.54, 1.807) is 29.0 Å². The molecule has 17 heavy (non-hydrogen) atoms. The van der Waals surface area contributed by atoms with Crippen LogP contribution in [0.5, 0.6) is 0 Å². The van der Waals surface area contributed by atoms with Crippen molar-refractivity contribution >= 4 is 11.3 Å². The molecule has 1 atom stereocenters. The quantitative estimate of drug-likeness (QED) is 0.880. The first-order valence-corrected chi connectivity index (χ1v) is 6.62. The van der Waals surface area contributed by atoms with Crippen LogP contribution in [0.15, 0.2) is 35.2 Å². The molecule has 2 nitrogen and oxygen atoms in total. The number of nitrogens with one attached hydrogen (secondary N) is 1. The summed E-state index contributed by atoms with van der Waals surface area (Å²) in [5.41, 5.74) is 3.67. The molecule has 0 bridgehead atoms. The van der Waals surface area contributed by atoms with Crippen LogP contribution in [-0.4, -0.2) is 11.5 Å². The van der Waals surface area contributed by atoms with Crippen molar-refractivity contribution in [2.45, 2.75) is 19.4 Å². The minimum atomic E-state index is -0.207. The van der Waals surface area contributed by atoms with Crippen molar-refractivity contribution < 1.29 is 4.39 Å². The van der Waals surface area contributed by atoms with E-state index in [1.165, 1.54) is 6.07 Å². The smallest absolute Gasteiger partial charge is 0.123 e. The summed E-state index contributed by atoms with van der Waals surface area (Å²) in [6.45, 7) is 3.00. The molecule has 90 valence electrons. The van der Waals surface area contributed by atoms with E-state index in [4.69, 9.17) is 0 Å². The van der Waals surface area contributed by atoms with Gasteiger partial charge in [0.2, 0.25) is 0 Å². The fourth-order valence-corrected chi connectivity index (χ4v) is 2.31. The van der Waals surface area contributed by atoms with Gasteiger partial charge in [0.15, 0.2) is 0 Å². The fraction of sp³-hybridized carbons (Fsp3) is 0.308. The molecular weight excluding hydrogens is 235 g/mol. The average Bonchev–Trinajstić information content (AvgIpc) is 2.83. The van der Waals surface area contributed by atoms with Crippen LogP contribution in [-0.2, 0) is 0 Å². The van der Waals surface area contributed by atoms with Gasteiger partial charge in [0.1, 0.15) is 5.82 Å². The SMILES string of the molecule is CCCNC(c1cccc(F)c1)c1cscn1. The van der Waals surface area contributed by atoms with Crippen LogP contribution in [0.2, 0.25) is 0 Å². The first kappa shape index (κ1) is 12.2. The van der Waals surface area contributed by atoms with Gasteiger partial charge in [0, 0.05) is 5.38 Å². The number of aromatic nitrogens is 1.